The summed E-state index contributed by atoms with van der Waals surface area (Å²) in [4.78, 5) is 42.8. The molecule has 152 valence electrons. The molecule has 7 heteroatoms. The zero-order chi connectivity index (χ0) is 20.3. The lowest BCUT2D eigenvalue weighted by atomic mass is 9.85. The number of carbonyl (C=O) groups is 3. The molecule has 28 heavy (non-hydrogen) atoms. The summed E-state index contributed by atoms with van der Waals surface area (Å²) in [6, 6.07) is 9.97. The molecule has 4 amide bonds. The van der Waals surface area contributed by atoms with Crippen molar-refractivity contribution in [1.29, 1.82) is 0 Å². The monoisotopic (exact) mass is 386 g/mol. The van der Waals surface area contributed by atoms with Gasteiger partial charge < -0.3 is 15.5 Å². The Morgan fingerprint density at radius 2 is 1.82 bits per heavy atom. The molecule has 0 aliphatic carbocycles. The number of primary amides is 1. The third-order valence-corrected chi connectivity index (χ3v) is 6.24. The van der Waals surface area contributed by atoms with Crippen molar-refractivity contribution in [3.05, 3.63) is 35.9 Å². The third kappa shape index (κ3) is 3.76. The van der Waals surface area contributed by atoms with Gasteiger partial charge in [0.05, 0.1) is 0 Å². The highest BCUT2D eigenvalue weighted by molar-refractivity contribution is 6.09. The maximum absolute atomic E-state index is 13.2. The zero-order valence-corrected chi connectivity index (χ0v) is 16.8. The predicted molar refractivity (Wildman–Crippen MR) is 106 cm³/mol. The van der Waals surface area contributed by atoms with Crippen molar-refractivity contribution >= 4 is 17.8 Å². The number of benzene rings is 1. The fraction of sp³-hybridized carbons (Fsp3) is 0.571. The number of likely N-dealkylation sites (tertiary alicyclic amines) is 1. The molecule has 2 N–H and O–H groups in total. The van der Waals surface area contributed by atoms with E-state index in [0.717, 1.165) is 30.0 Å². The van der Waals surface area contributed by atoms with Crippen molar-refractivity contribution < 1.29 is 14.4 Å². The number of amides is 4. The Morgan fingerprint density at radius 3 is 2.39 bits per heavy atom. The highest BCUT2D eigenvalue weighted by Gasteiger charge is 2.58. The van der Waals surface area contributed by atoms with Crippen molar-refractivity contribution in [1.82, 2.24) is 14.7 Å². The molecule has 3 rings (SSSR count). The van der Waals surface area contributed by atoms with E-state index in [1.165, 1.54) is 0 Å². The molecule has 1 spiro atoms. The van der Waals surface area contributed by atoms with Crippen LogP contribution in [0.3, 0.4) is 0 Å². The van der Waals surface area contributed by atoms with Crippen molar-refractivity contribution in [2.24, 2.45) is 5.73 Å². The fourth-order valence-corrected chi connectivity index (χ4v) is 4.35. The number of piperidine rings is 1. The number of urea groups is 1. The third-order valence-electron chi connectivity index (χ3n) is 6.24. The van der Waals surface area contributed by atoms with Crippen molar-refractivity contribution in [2.45, 2.75) is 51.1 Å². The molecule has 2 aliphatic rings. The summed E-state index contributed by atoms with van der Waals surface area (Å²) < 4.78 is 0. The molecule has 2 aliphatic heterocycles. The van der Waals surface area contributed by atoms with Gasteiger partial charge >= 0.3 is 6.03 Å². The Bertz CT molecular complexity index is 728. The molecule has 2 fully saturated rings. The first kappa shape index (κ1) is 20.3. The van der Waals surface area contributed by atoms with Crippen LogP contribution in [0.25, 0.3) is 0 Å². The van der Waals surface area contributed by atoms with Gasteiger partial charge in [-0.3, -0.25) is 14.5 Å². The Morgan fingerprint density at radius 1 is 1.18 bits per heavy atom. The lowest BCUT2D eigenvalue weighted by molar-refractivity contribution is -0.138. The fourth-order valence-electron chi connectivity index (χ4n) is 4.35. The van der Waals surface area contributed by atoms with Crippen LogP contribution in [0.2, 0.25) is 0 Å². The molecule has 1 atom stereocenters. The number of carbonyl (C=O) groups excluding carboxylic acids is 3. The topological polar surface area (TPSA) is 87.0 Å². The first-order chi connectivity index (χ1) is 13.4. The van der Waals surface area contributed by atoms with Gasteiger partial charge in [0.15, 0.2) is 0 Å². The molecule has 0 aromatic heterocycles. The van der Waals surface area contributed by atoms with Crippen LogP contribution in [0.15, 0.2) is 30.3 Å². The molecule has 2 saturated heterocycles. The van der Waals surface area contributed by atoms with E-state index in [-0.39, 0.29) is 12.5 Å². The van der Waals surface area contributed by atoms with E-state index >= 15 is 0 Å². The van der Waals surface area contributed by atoms with E-state index in [1.54, 1.807) is 4.90 Å². The van der Waals surface area contributed by atoms with E-state index in [4.69, 9.17) is 5.73 Å². The minimum absolute atomic E-state index is 0.270. The van der Waals surface area contributed by atoms with E-state index in [1.807, 2.05) is 30.3 Å². The molecule has 0 saturated carbocycles. The largest absolute Gasteiger partial charge is 0.368 e. The number of nitrogens with zero attached hydrogens (tertiary/aromatic N) is 3. The van der Waals surface area contributed by atoms with Gasteiger partial charge in [-0.15, -0.1) is 0 Å². The summed E-state index contributed by atoms with van der Waals surface area (Å²) >= 11 is 0. The van der Waals surface area contributed by atoms with E-state index in [2.05, 4.69) is 18.7 Å². The van der Waals surface area contributed by atoms with Gasteiger partial charge in [-0.1, -0.05) is 37.3 Å². The average Bonchev–Trinajstić information content (AvgIpc) is 2.88. The standard InChI is InChI=1S/C21H30N4O3/c1-3-16(2)23-13-10-21(11-14-23)19(27)24(15-18(22)26)20(28)25(21)12-9-17-7-5-4-6-8-17/h4-8,16H,3,9-15H2,1-2H3,(H2,22,26). The summed E-state index contributed by atoms with van der Waals surface area (Å²) in [5.74, 6) is -0.938. The van der Waals surface area contributed by atoms with Crippen LogP contribution in [0.5, 0.6) is 0 Å². The lowest BCUT2D eigenvalue weighted by Gasteiger charge is -2.44. The minimum Gasteiger partial charge on any atom is -0.368 e. The van der Waals surface area contributed by atoms with Gasteiger partial charge in [-0.05, 0) is 38.2 Å². The number of hydrogen-bond acceptors (Lipinski definition) is 4. The number of rotatable bonds is 7. The molecule has 0 bridgehead atoms. The predicted octanol–water partition coefficient (Wildman–Crippen LogP) is 1.61. The highest BCUT2D eigenvalue weighted by Crippen LogP contribution is 2.38. The first-order valence-corrected chi connectivity index (χ1v) is 10.1. The quantitative estimate of drug-likeness (QED) is 0.722. The summed E-state index contributed by atoms with van der Waals surface area (Å²) in [6.45, 7) is 5.97. The van der Waals surface area contributed by atoms with Crippen LogP contribution < -0.4 is 5.73 Å². The Hall–Kier alpha value is -2.41. The summed E-state index contributed by atoms with van der Waals surface area (Å²) in [6.07, 6.45) is 2.89. The van der Waals surface area contributed by atoms with Crippen LogP contribution in [-0.2, 0) is 16.0 Å². The van der Waals surface area contributed by atoms with Gasteiger partial charge in [-0.2, -0.15) is 0 Å². The van der Waals surface area contributed by atoms with E-state index < -0.39 is 17.5 Å². The van der Waals surface area contributed by atoms with Gasteiger partial charge in [0.25, 0.3) is 5.91 Å². The second kappa shape index (κ2) is 8.31. The average molecular weight is 386 g/mol. The first-order valence-electron chi connectivity index (χ1n) is 10.1. The molecule has 0 radical (unpaired) electrons. The Labute approximate surface area is 166 Å². The van der Waals surface area contributed by atoms with Crippen molar-refractivity contribution in [3.8, 4) is 0 Å². The van der Waals surface area contributed by atoms with Crippen LogP contribution >= 0.6 is 0 Å². The molecule has 2 heterocycles. The molecular formula is C21H30N4O3. The molecule has 7 nitrogen and oxygen atoms in total. The molecule has 1 unspecified atom stereocenters. The van der Waals surface area contributed by atoms with E-state index in [0.29, 0.717) is 31.8 Å². The second-order valence-electron chi connectivity index (χ2n) is 7.85. The van der Waals surface area contributed by atoms with Crippen LogP contribution in [0.1, 0.15) is 38.7 Å². The SMILES string of the molecule is CCC(C)N1CCC2(CC1)C(=O)N(CC(N)=O)C(=O)N2CCc1ccccc1. The zero-order valence-electron chi connectivity index (χ0n) is 16.8. The van der Waals surface area contributed by atoms with Crippen LogP contribution in [0.4, 0.5) is 4.79 Å². The Balaban J connectivity index is 1.82. The second-order valence-corrected chi connectivity index (χ2v) is 7.85. The molecular weight excluding hydrogens is 356 g/mol. The lowest BCUT2D eigenvalue weighted by Crippen LogP contribution is -2.58. The Kier molecular flexibility index (Phi) is 6.03. The highest BCUT2D eigenvalue weighted by atomic mass is 16.2. The molecule has 1 aromatic carbocycles. The number of hydrogen-bond donors (Lipinski definition) is 1. The van der Waals surface area contributed by atoms with Crippen molar-refractivity contribution in [3.63, 3.8) is 0 Å². The maximum atomic E-state index is 13.2. The van der Waals surface area contributed by atoms with Gasteiger partial charge in [-0.25, -0.2) is 4.79 Å². The summed E-state index contributed by atoms with van der Waals surface area (Å²) in [5, 5.41) is 0. The van der Waals surface area contributed by atoms with Crippen molar-refractivity contribution in [2.75, 3.05) is 26.2 Å². The van der Waals surface area contributed by atoms with Gasteiger partial charge in [0.1, 0.15) is 12.1 Å². The normalized spacial score (nSPS) is 20.8. The minimum atomic E-state index is -0.856. The van der Waals surface area contributed by atoms with Gasteiger partial charge in [0.2, 0.25) is 5.91 Å². The summed E-state index contributed by atoms with van der Waals surface area (Å²) in [5.41, 5.74) is 5.55. The molecule has 1 aromatic rings. The smallest absolute Gasteiger partial charge is 0.328 e. The number of imide groups is 1. The van der Waals surface area contributed by atoms with Crippen LogP contribution in [0, 0.1) is 0 Å². The maximum Gasteiger partial charge on any atom is 0.328 e. The number of nitrogens with two attached hydrogens (primary N) is 1. The van der Waals surface area contributed by atoms with E-state index in [9.17, 15) is 14.4 Å². The summed E-state index contributed by atoms with van der Waals surface area (Å²) in [7, 11) is 0. The van der Waals surface area contributed by atoms with Gasteiger partial charge in [0, 0.05) is 25.7 Å². The van der Waals surface area contributed by atoms with Crippen LogP contribution in [-0.4, -0.2) is 70.3 Å².